The quantitative estimate of drug-likeness (QED) is 0.690. The minimum Gasteiger partial charge on any atom is -0.496 e. The first kappa shape index (κ1) is 17.7. The Morgan fingerprint density at radius 2 is 1.21 bits per heavy atom. The van der Waals surface area contributed by atoms with Crippen LogP contribution in [0.5, 0.6) is 28.7 Å². The highest BCUT2D eigenvalue weighted by Crippen LogP contribution is 2.50. The number of ether oxygens (including phenoxy) is 6. The summed E-state index contributed by atoms with van der Waals surface area (Å²) in [5, 5.41) is 0. The van der Waals surface area contributed by atoms with Gasteiger partial charge in [0, 0.05) is 7.11 Å². The molecule has 24 heavy (non-hydrogen) atoms. The fraction of sp³-hybridized carbons (Fsp3) is 0.333. The van der Waals surface area contributed by atoms with Crippen molar-refractivity contribution in [1.82, 2.24) is 0 Å². The molecule has 0 aromatic heterocycles. The van der Waals surface area contributed by atoms with Crippen molar-refractivity contribution < 1.29 is 28.4 Å². The van der Waals surface area contributed by atoms with Gasteiger partial charge in [0.25, 0.3) is 0 Å². The van der Waals surface area contributed by atoms with E-state index in [0.29, 0.717) is 39.9 Å². The molecule has 2 rings (SSSR count). The minimum atomic E-state index is 0.106. The van der Waals surface area contributed by atoms with Gasteiger partial charge < -0.3 is 28.4 Å². The van der Waals surface area contributed by atoms with E-state index in [4.69, 9.17) is 28.4 Å². The first-order valence-electron chi connectivity index (χ1n) is 7.29. The van der Waals surface area contributed by atoms with Crippen molar-refractivity contribution in [2.45, 2.75) is 0 Å². The number of benzene rings is 2. The fourth-order valence-corrected chi connectivity index (χ4v) is 2.49. The Kier molecular flexibility index (Phi) is 6.14. The van der Waals surface area contributed by atoms with Crippen LogP contribution in [-0.4, -0.2) is 42.3 Å². The lowest BCUT2D eigenvalue weighted by Crippen LogP contribution is -2.03. The summed E-state index contributed by atoms with van der Waals surface area (Å²) in [6.45, 7) is 0.106. The van der Waals surface area contributed by atoms with E-state index >= 15 is 0 Å². The third kappa shape index (κ3) is 3.33. The Balaban J connectivity index is 2.78. The van der Waals surface area contributed by atoms with Gasteiger partial charge in [-0.15, -0.1) is 0 Å². The molecule has 0 heterocycles. The van der Waals surface area contributed by atoms with Gasteiger partial charge in [0.1, 0.15) is 17.2 Å². The molecule has 0 fully saturated rings. The topological polar surface area (TPSA) is 55.4 Å². The molecule has 0 aliphatic heterocycles. The highest BCUT2D eigenvalue weighted by Gasteiger charge is 2.24. The van der Waals surface area contributed by atoms with Crippen LogP contribution in [0.4, 0.5) is 0 Å². The van der Waals surface area contributed by atoms with Crippen LogP contribution in [0.3, 0.4) is 0 Å². The summed E-state index contributed by atoms with van der Waals surface area (Å²) in [7, 11) is 7.91. The number of hydrogen-bond acceptors (Lipinski definition) is 6. The average molecular weight is 334 g/mol. The molecule has 2 aromatic rings. The summed E-state index contributed by atoms with van der Waals surface area (Å²) < 4.78 is 32.7. The lowest BCUT2D eigenvalue weighted by atomic mass is 10.0. The molecule has 0 atom stereocenters. The molecule has 0 radical (unpaired) electrons. The van der Waals surface area contributed by atoms with Crippen LogP contribution in [0.1, 0.15) is 0 Å². The van der Waals surface area contributed by atoms with E-state index < -0.39 is 0 Å². The second kappa shape index (κ2) is 8.31. The third-order valence-corrected chi connectivity index (χ3v) is 3.52. The molecule has 0 saturated carbocycles. The van der Waals surface area contributed by atoms with Gasteiger partial charge in [0.2, 0.25) is 0 Å². The smallest absolute Gasteiger partial charge is 0.188 e. The Morgan fingerprint density at radius 1 is 0.625 bits per heavy atom. The van der Waals surface area contributed by atoms with E-state index in [1.54, 1.807) is 41.6 Å². The minimum absolute atomic E-state index is 0.106. The largest absolute Gasteiger partial charge is 0.496 e. The third-order valence-electron chi connectivity index (χ3n) is 3.52. The molecule has 6 nitrogen and oxygen atoms in total. The predicted octanol–water partition coefficient (Wildman–Crippen LogP) is 3.37. The molecule has 0 bridgehead atoms. The number of hydrogen-bond donors (Lipinski definition) is 0. The number of methoxy groups -OCH3 is 5. The van der Waals surface area contributed by atoms with E-state index in [2.05, 4.69) is 0 Å². The zero-order valence-electron chi connectivity index (χ0n) is 14.5. The van der Waals surface area contributed by atoms with E-state index in [9.17, 15) is 0 Å². The highest BCUT2D eigenvalue weighted by atomic mass is 16.7. The molecule has 0 amide bonds. The summed E-state index contributed by atoms with van der Waals surface area (Å²) in [6, 6.07) is 9.10. The molecule has 6 heteroatoms. The van der Waals surface area contributed by atoms with Gasteiger partial charge >= 0.3 is 0 Å². The molecular formula is C18H22O6. The van der Waals surface area contributed by atoms with Crippen LogP contribution in [0.15, 0.2) is 30.3 Å². The van der Waals surface area contributed by atoms with Crippen molar-refractivity contribution in [3.8, 4) is 39.9 Å². The van der Waals surface area contributed by atoms with Crippen molar-refractivity contribution in [3.63, 3.8) is 0 Å². The van der Waals surface area contributed by atoms with E-state index in [0.717, 1.165) is 0 Å². The summed E-state index contributed by atoms with van der Waals surface area (Å²) in [4.78, 5) is 0. The van der Waals surface area contributed by atoms with Crippen LogP contribution in [0.2, 0.25) is 0 Å². The van der Waals surface area contributed by atoms with Crippen LogP contribution >= 0.6 is 0 Å². The van der Waals surface area contributed by atoms with Crippen molar-refractivity contribution in [2.75, 3.05) is 42.3 Å². The van der Waals surface area contributed by atoms with E-state index in [-0.39, 0.29) is 6.79 Å². The Hall–Kier alpha value is -2.60. The van der Waals surface area contributed by atoms with Crippen molar-refractivity contribution in [3.05, 3.63) is 30.3 Å². The SMILES string of the molecule is COCOc1cccc(OC)c1-c1c(OC)ccc(OC)c1OC. The zero-order valence-corrected chi connectivity index (χ0v) is 14.5. The maximum absolute atomic E-state index is 5.70. The van der Waals surface area contributed by atoms with Crippen molar-refractivity contribution in [1.29, 1.82) is 0 Å². The molecule has 130 valence electrons. The second-order valence-electron chi connectivity index (χ2n) is 4.76. The van der Waals surface area contributed by atoms with Gasteiger partial charge in [0.15, 0.2) is 18.3 Å². The maximum atomic E-state index is 5.70. The lowest BCUT2D eigenvalue weighted by molar-refractivity contribution is 0.0514. The summed E-state index contributed by atoms with van der Waals surface area (Å²) in [5.41, 5.74) is 1.38. The Morgan fingerprint density at radius 3 is 1.79 bits per heavy atom. The summed E-state index contributed by atoms with van der Waals surface area (Å²) >= 11 is 0. The normalized spacial score (nSPS) is 10.2. The van der Waals surface area contributed by atoms with E-state index in [1.165, 1.54) is 0 Å². The van der Waals surface area contributed by atoms with E-state index in [1.807, 2.05) is 24.3 Å². The van der Waals surface area contributed by atoms with Crippen molar-refractivity contribution in [2.24, 2.45) is 0 Å². The Labute approximate surface area is 141 Å². The molecule has 0 spiro atoms. The molecule has 0 N–H and O–H groups in total. The van der Waals surface area contributed by atoms with Gasteiger partial charge in [-0.2, -0.15) is 0 Å². The highest BCUT2D eigenvalue weighted by molar-refractivity contribution is 5.87. The van der Waals surface area contributed by atoms with Crippen LogP contribution in [0, 0.1) is 0 Å². The standard InChI is InChI=1S/C18H22O6/c1-19-11-24-14-8-6-7-12(20-2)16(14)17-13(21-3)9-10-15(22-4)18(17)23-5/h6-10H,11H2,1-5H3. The predicted molar refractivity (Wildman–Crippen MR) is 90.6 cm³/mol. The molecule has 2 aromatic carbocycles. The Bertz CT molecular complexity index is 683. The van der Waals surface area contributed by atoms with Gasteiger partial charge in [-0.1, -0.05) is 6.07 Å². The monoisotopic (exact) mass is 334 g/mol. The van der Waals surface area contributed by atoms with Gasteiger partial charge in [0.05, 0.1) is 39.6 Å². The average Bonchev–Trinajstić information content (AvgIpc) is 2.64. The molecule has 0 saturated heterocycles. The van der Waals surface area contributed by atoms with Gasteiger partial charge in [-0.05, 0) is 24.3 Å². The van der Waals surface area contributed by atoms with Crippen LogP contribution in [0.25, 0.3) is 11.1 Å². The van der Waals surface area contributed by atoms with Crippen LogP contribution in [-0.2, 0) is 4.74 Å². The van der Waals surface area contributed by atoms with Crippen LogP contribution < -0.4 is 23.7 Å². The lowest BCUT2D eigenvalue weighted by Gasteiger charge is -2.20. The summed E-state index contributed by atoms with van der Waals surface area (Å²) in [5.74, 6) is 2.93. The molecular weight excluding hydrogens is 312 g/mol. The molecule has 0 aliphatic rings. The first-order chi connectivity index (χ1) is 11.7. The van der Waals surface area contributed by atoms with Crippen molar-refractivity contribution >= 4 is 0 Å². The zero-order chi connectivity index (χ0) is 17.5. The maximum Gasteiger partial charge on any atom is 0.188 e. The summed E-state index contributed by atoms with van der Waals surface area (Å²) in [6.07, 6.45) is 0. The molecule has 0 aliphatic carbocycles. The fourth-order valence-electron chi connectivity index (χ4n) is 2.49. The number of rotatable bonds is 8. The second-order valence-corrected chi connectivity index (χ2v) is 4.76. The molecule has 0 unspecified atom stereocenters. The first-order valence-corrected chi connectivity index (χ1v) is 7.29. The van der Waals surface area contributed by atoms with Gasteiger partial charge in [-0.3, -0.25) is 0 Å². The van der Waals surface area contributed by atoms with Gasteiger partial charge in [-0.25, -0.2) is 0 Å².